The summed E-state index contributed by atoms with van der Waals surface area (Å²) in [7, 11) is 0. The first-order valence-electron chi connectivity index (χ1n) is 8.52. The summed E-state index contributed by atoms with van der Waals surface area (Å²) >= 11 is 0. The predicted octanol–water partition coefficient (Wildman–Crippen LogP) is 4.94. The number of hydrogen-bond donors (Lipinski definition) is 2. The molecule has 6 unspecified atom stereocenters. The zero-order chi connectivity index (χ0) is 21.4. The normalized spacial score (nSPS) is 32.7. The molecule has 2 N–H and O–H groups in total. The molecule has 2 rings (SSSR count). The van der Waals surface area contributed by atoms with Gasteiger partial charge in [0.25, 0.3) is 0 Å². The van der Waals surface area contributed by atoms with Crippen LogP contribution in [0.5, 0.6) is 0 Å². The number of halogens is 6. The van der Waals surface area contributed by atoms with Crippen LogP contribution in [0.2, 0.25) is 0 Å². The van der Waals surface area contributed by atoms with Crippen LogP contribution >= 0.6 is 0 Å². The molecule has 2 aliphatic rings. The Morgan fingerprint density at radius 2 is 1.32 bits per heavy atom. The van der Waals surface area contributed by atoms with Gasteiger partial charge in [-0.05, 0) is 58.8 Å². The van der Waals surface area contributed by atoms with Gasteiger partial charge in [0.15, 0.2) is 0 Å². The quantitative estimate of drug-likeness (QED) is 0.290. The summed E-state index contributed by atoms with van der Waals surface area (Å²) in [6, 6.07) is 0. The molecule has 0 spiro atoms. The molecule has 0 amide bonds. The molecule has 2 fully saturated rings. The Labute approximate surface area is 154 Å². The average Bonchev–Trinajstić information content (AvgIpc) is 2.59. The summed E-state index contributed by atoms with van der Waals surface area (Å²) in [4.78, 5) is 4.18. The highest BCUT2D eigenvalue weighted by molar-refractivity contribution is 5.03. The van der Waals surface area contributed by atoms with E-state index in [1.807, 2.05) is 0 Å². The fraction of sp³-hybridized carbons (Fsp3) is 1.00. The van der Waals surface area contributed by atoms with Crippen molar-refractivity contribution in [2.75, 3.05) is 0 Å². The molecule has 0 bridgehead atoms. The van der Waals surface area contributed by atoms with Crippen LogP contribution in [0.1, 0.15) is 38.5 Å². The number of fused-ring (bicyclic) bond motifs is 1. The number of alkyl halides is 6. The Kier molecular flexibility index (Phi) is 6.01. The fourth-order valence-electron chi connectivity index (χ4n) is 4.68. The van der Waals surface area contributed by atoms with Crippen molar-refractivity contribution in [2.45, 2.75) is 62.3 Å². The Balaban J connectivity index is 2.34. The van der Waals surface area contributed by atoms with Crippen molar-refractivity contribution in [3.05, 3.63) is 20.9 Å². The maximum atomic E-state index is 13.4. The van der Waals surface area contributed by atoms with Crippen LogP contribution in [0.15, 0.2) is 10.2 Å². The van der Waals surface area contributed by atoms with E-state index in [0.717, 1.165) is 0 Å². The zero-order valence-corrected chi connectivity index (χ0v) is 14.4. The topological polar surface area (TPSA) is 138 Å². The lowest BCUT2D eigenvalue weighted by Gasteiger charge is -2.50. The summed E-state index contributed by atoms with van der Waals surface area (Å²) in [5.41, 5.74) is 9.58. The van der Waals surface area contributed by atoms with Crippen molar-refractivity contribution in [2.24, 2.45) is 33.9 Å². The second kappa shape index (κ2) is 7.51. The van der Waals surface area contributed by atoms with Crippen molar-refractivity contribution >= 4 is 0 Å². The van der Waals surface area contributed by atoms with Crippen molar-refractivity contribution in [3.8, 4) is 0 Å². The molecule has 2 saturated carbocycles. The molecule has 2 aliphatic carbocycles. The lowest BCUT2D eigenvalue weighted by Crippen LogP contribution is -2.57. The number of hydrogen-bond acceptors (Lipinski definition) is 4. The minimum atomic E-state index is -5.25. The van der Waals surface area contributed by atoms with Gasteiger partial charge in [-0.1, -0.05) is 12.8 Å². The van der Waals surface area contributed by atoms with Crippen LogP contribution in [0.25, 0.3) is 20.9 Å². The standard InChI is InChI=1S/C14H18F6N6O2/c15-13(16,17)11(27,23-25-21)8-4-5-9-7(6-8)2-1-3-10(9)12(28,24-26-22)14(18,19)20/h7-10,27-28H,1-6H2. The van der Waals surface area contributed by atoms with E-state index in [1.54, 1.807) is 0 Å². The average molecular weight is 416 g/mol. The molecule has 0 aromatic heterocycles. The Hall–Kier alpha value is -1.88. The van der Waals surface area contributed by atoms with Crippen molar-refractivity contribution in [1.82, 2.24) is 0 Å². The van der Waals surface area contributed by atoms with E-state index in [0.29, 0.717) is 0 Å². The molecule has 0 heterocycles. The van der Waals surface area contributed by atoms with E-state index in [2.05, 4.69) is 20.1 Å². The van der Waals surface area contributed by atoms with Crippen LogP contribution in [0.3, 0.4) is 0 Å². The third-order valence-corrected chi connectivity index (χ3v) is 5.96. The lowest BCUT2D eigenvalue weighted by atomic mass is 9.59. The van der Waals surface area contributed by atoms with Gasteiger partial charge in [-0.15, -0.1) is 0 Å². The van der Waals surface area contributed by atoms with Gasteiger partial charge in [0.2, 0.25) is 11.4 Å². The van der Waals surface area contributed by atoms with E-state index < -0.39 is 47.5 Å². The van der Waals surface area contributed by atoms with Gasteiger partial charge in [-0.2, -0.15) is 26.3 Å². The number of azide groups is 2. The second-order valence-corrected chi connectivity index (χ2v) is 7.30. The molecule has 8 nitrogen and oxygen atoms in total. The van der Waals surface area contributed by atoms with Crippen molar-refractivity contribution in [3.63, 3.8) is 0 Å². The first-order valence-corrected chi connectivity index (χ1v) is 8.52. The molecule has 0 aromatic carbocycles. The molecule has 0 aliphatic heterocycles. The highest BCUT2D eigenvalue weighted by atomic mass is 19.4. The summed E-state index contributed by atoms with van der Waals surface area (Å²) in [5, 5.41) is 25.2. The molecule has 0 aromatic rings. The third kappa shape index (κ3) is 3.69. The maximum absolute atomic E-state index is 13.4. The number of rotatable bonds is 4. The molecule has 28 heavy (non-hydrogen) atoms. The van der Waals surface area contributed by atoms with Crippen molar-refractivity contribution in [1.29, 1.82) is 0 Å². The zero-order valence-electron chi connectivity index (χ0n) is 14.4. The van der Waals surface area contributed by atoms with E-state index in [-0.39, 0.29) is 38.5 Å². The van der Waals surface area contributed by atoms with Gasteiger partial charge in [0, 0.05) is 21.7 Å². The minimum absolute atomic E-state index is 0.110. The fourth-order valence-corrected chi connectivity index (χ4v) is 4.68. The highest BCUT2D eigenvalue weighted by Gasteiger charge is 2.64. The van der Waals surface area contributed by atoms with Crippen LogP contribution in [0, 0.1) is 23.7 Å². The molecule has 6 atom stereocenters. The number of aliphatic hydroxyl groups is 2. The number of nitrogens with zero attached hydrogens (tertiary/aromatic N) is 6. The van der Waals surface area contributed by atoms with Gasteiger partial charge in [-0.3, -0.25) is 0 Å². The third-order valence-electron chi connectivity index (χ3n) is 5.96. The Morgan fingerprint density at radius 3 is 1.82 bits per heavy atom. The van der Waals surface area contributed by atoms with E-state index in [1.165, 1.54) is 0 Å². The summed E-state index contributed by atoms with van der Waals surface area (Å²) < 4.78 is 80.0. The summed E-state index contributed by atoms with van der Waals surface area (Å²) in [5.74, 6) is -4.59. The second-order valence-electron chi connectivity index (χ2n) is 7.30. The maximum Gasteiger partial charge on any atom is 0.423 e. The van der Waals surface area contributed by atoms with E-state index in [4.69, 9.17) is 11.1 Å². The van der Waals surface area contributed by atoms with Gasteiger partial charge in [-0.25, -0.2) is 0 Å². The van der Waals surface area contributed by atoms with Crippen LogP contribution in [0.4, 0.5) is 26.3 Å². The monoisotopic (exact) mass is 416 g/mol. The molecule has 0 saturated heterocycles. The molecular formula is C14H18F6N6O2. The van der Waals surface area contributed by atoms with Gasteiger partial charge >= 0.3 is 12.4 Å². The molecule has 0 radical (unpaired) electrons. The van der Waals surface area contributed by atoms with Crippen molar-refractivity contribution < 1.29 is 36.6 Å². The van der Waals surface area contributed by atoms with Gasteiger partial charge in [0.1, 0.15) is 0 Å². The predicted molar refractivity (Wildman–Crippen MR) is 82.0 cm³/mol. The first kappa shape index (κ1) is 22.4. The molecule has 158 valence electrons. The van der Waals surface area contributed by atoms with Gasteiger partial charge < -0.3 is 10.2 Å². The first-order chi connectivity index (χ1) is 12.8. The SMILES string of the molecule is [N-]=[N+]=NC(O)(C1CCC2C(CCCC2C(O)(N=[N+]=[N-])C(F)(F)F)C1)C(F)(F)F. The molecular weight excluding hydrogens is 398 g/mol. The lowest BCUT2D eigenvalue weighted by molar-refractivity contribution is -0.297. The molecule has 14 heteroatoms. The largest absolute Gasteiger partial charge is 0.423 e. The summed E-state index contributed by atoms with van der Waals surface area (Å²) in [6.07, 6.45) is -11.0. The van der Waals surface area contributed by atoms with Crippen LogP contribution in [-0.2, 0) is 0 Å². The van der Waals surface area contributed by atoms with E-state index in [9.17, 15) is 36.6 Å². The highest BCUT2D eigenvalue weighted by Crippen LogP contribution is 2.55. The Morgan fingerprint density at radius 1 is 0.786 bits per heavy atom. The van der Waals surface area contributed by atoms with Crippen LogP contribution in [-0.4, -0.2) is 34.0 Å². The Bertz CT molecular complexity index is 689. The van der Waals surface area contributed by atoms with Crippen LogP contribution < -0.4 is 0 Å². The summed E-state index contributed by atoms with van der Waals surface area (Å²) in [6.45, 7) is 0. The minimum Gasteiger partial charge on any atom is -0.376 e. The van der Waals surface area contributed by atoms with E-state index >= 15 is 0 Å². The smallest absolute Gasteiger partial charge is 0.376 e. The van der Waals surface area contributed by atoms with Gasteiger partial charge in [0.05, 0.1) is 0 Å².